The van der Waals surface area contributed by atoms with Crippen LogP contribution in [0.4, 0.5) is 4.79 Å². The van der Waals surface area contributed by atoms with Crippen LogP contribution in [0.5, 0.6) is 17.2 Å². The summed E-state index contributed by atoms with van der Waals surface area (Å²) in [6, 6.07) is 25.0. The second-order valence-electron chi connectivity index (χ2n) is 8.29. The van der Waals surface area contributed by atoms with E-state index < -0.39 is 0 Å². The Morgan fingerprint density at radius 2 is 1.51 bits per heavy atom. The summed E-state index contributed by atoms with van der Waals surface area (Å²) in [4.78, 5) is 27.3. The van der Waals surface area contributed by atoms with E-state index in [-0.39, 0.29) is 24.3 Å². The number of fused-ring (bicyclic) bond motifs is 1. The van der Waals surface area contributed by atoms with Gasteiger partial charge in [-0.1, -0.05) is 48.5 Å². The second-order valence-corrected chi connectivity index (χ2v) is 9.28. The van der Waals surface area contributed by atoms with Gasteiger partial charge in [0.15, 0.2) is 11.5 Å². The average molecular weight is 515 g/mol. The van der Waals surface area contributed by atoms with E-state index in [0.717, 1.165) is 34.0 Å². The Morgan fingerprint density at radius 1 is 0.811 bits per heavy atom. The Bertz CT molecular complexity index is 1450. The number of amides is 2. The van der Waals surface area contributed by atoms with Crippen molar-refractivity contribution in [3.63, 3.8) is 0 Å². The Kier molecular flexibility index (Phi) is 7.46. The number of ether oxygens (including phenoxy) is 3. The van der Waals surface area contributed by atoms with Crippen LogP contribution in [-0.4, -0.2) is 47.5 Å². The maximum atomic E-state index is 13.1. The third-order valence-corrected chi connectivity index (χ3v) is 6.87. The number of carbonyl (C=O) groups is 2. The fourth-order valence-electron chi connectivity index (χ4n) is 4.17. The highest BCUT2D eigenvalue weighted by molar-refractivity contribution is 8.18. The number of hydrogen-bond acceptors (Lipinski definition) is 6. The van der Waals surface area contributed by atoms with Crippen molar-refractivity contribution in [3.8, 4) is 17.2 Å². The first kappa shape index (κ1) is 24.5. The molecule has 3 aromatic carbocycles. The van der Waals surface area contributed by atoms with Gasteiger partial charge < -0.3 is 18.8 Å². The minimum atomic E-state index is -0.317. The SMILES string of the molecule is COc1ccccc1OCCN1C(=O)S/C(=C\c2cn(CCOc3ccccc3)c3ccccc23)C1=O. The minimum Gasteiger partial charge on any atom is -0.493 e. The molecule has 8 heteroatoms. The van der Waals surface area contributed by atoms with Gasteiger partial charge in [-0.15, -0.1) is 0 Å². The van der Waals surface area contributed by atoms with Crippen LogP contribution in [0.1, 0.15) is 5.56 Å². The maximum Gasteiger partial charge on any atom is 0.293 e. The topological polar surface area (TPSA) is 70.0 Å². The molecular formula is C29H26N2O5S. The van der Waals surface area contributed by atoms with Gasteiger partial charge in [0.2, 0.25) is 0 Å². The van der Waals surface area contributed by atoms with Crippen molar-refractivity contribution in [1.29, 1.82) is 0 Å². The fraction of sp³-hybridized carbons (Fsp3) is 0.172. The number of rotatable bonds is 10. The van der Waals surface area contributed by atoms with Crippen molar-refractivity contribution in [2.24, 2.45) is 0 Å². The summed E-state index contributed by atoms with van der Waals surface area (Å²) in [5.74, 6) is 1.67. The number of thioether (sulfide) groups is 1. The highest BCUT2D eigenvalue weighted by Gasteiger charge is 2.35. The normalized spacial score (nSPS) is 14.5. The lowest BCUT2D eigenvalue weighted by Gasteiger charge is -2.14. The molecule has 1 aliphatic heterocycles. The molecule has 0 N–H and O–H groups in total. The summed E-state index contributed by atoms with van der Waals surface area (Å²) in [5, 5.41) is 0.702. The number of hydrogen-bond donors (Lipinski definition) is 0. The van der Waals surface area contributed by atoms with Gasteiger partial charge in [0.1, 0.15) is 19.0 Å². The van der Waals surface area contributed by atoms with Crippen LogP contribution in [0, 0.1) is 0 Å². The predicted molar refractivity (Wildman–Crippen MR) is 145 cm³/mol. The van der Waals surface area contributed by atoms with Crippen molar-refractivity contribution in [3.05, 3.63) is 95.5 Å². The number of nitrogens with zero attached hydrogens (tertiary/aromatic N) is 2. The van der Waals surface area contributed by atoms with Crippen LogP contribution in [0.25, 0.3) is 17.0 Å². The Morgan fingerprint density at radius 3 is 2.32 bits per heavy atom. The van der Waals surface area contributed by atoms with Crippen molar-refractivity contribution >= 4 is 39.9 Å². The molecular weight excluding hydrogens is 488 g/mol. The smallest absolute Gasteiger partial charge is 0.293 e. The van der Waals surface area contributed by atoms with E-state index in [1.54, 1.807) is 25.3 Å². The highest BCUT2D eigenvalue weighted by atomic mass is 32.2. The summed E-state index contributed by atoms with van der Waals surface area (Å²) in [7, 11) is 1.57. The summed E-state index contributed by atoms with van der Waals surface area (Å²) < 4.78 is 19.0. The lowest BCUT2D eigenvalue weighted by molar-refractivity contribution is -0.123. The fourth-order valence-corrected chi connectivity index (χ4v) is 5.03. The first-order valence-corrected chi connectivity index (χ1v) is 12.7. The molecule has 188 valence electrons. The third kappa shape index (κ3) is 5.49. The van der Waals surface area contributed by atoms with Crippen LogP contribution >= 0.6 is 11.8 Å². The molecule has 1 aromatic heterocycles. The summed E-state index contributed by atoms with van der Waals surface area (Å²) >= 11 is 0.948. The van der Waals surface area contributed by atoms with Gasteiger partial charge in [-0.3, -0.25) is 14.5 Å². The van der Waals surface area contributed by atoms with E-state index in [1.165, 1.54) is 4.90 Å². The molecule has 0 spiro atoms. The Hall–Kier alpha value is -4.17. The molecule has 1 fully saturated rings. The zero-order chi connectivity index (χ0) is 25.6. The number of benzene rings is 3. The van der Waals surface area contributed by atoms with Crippen molar-refractivity contribution < 1.29 is 23.8 Å². The molecule has 0 atom stereocenters. The molecule has 37 heavy (non-hydrogen) atoms. The quantitative estimate of drug-likeness (QED) is 0.248. The lowest BCUT2D eigenvalue weighted by atomic mass is 10.1. The predicted octanol–water partition coefficient (Wildman–Crippen LogP) is 5.84. The van der Waals surface area contributed by atoms with E-state index >= 15 is 0 Å². The van der Waals surface area contributed by atoms with E-state index in [1.807, 2.05) is 72.9 Å². The van der Waals surface area contributed by atoms with Gasteiger partial charge in [-0.2, -0.15) is 0 Å². The summed E-state index contributed by atoms with van der Waals surface area (Å²) in [6.07, 6.45) is 3.79. The van der Waals surface area contributed by atoms with Crippen LogP contribution in [0.2, 0.25) is 0 Å². The molecule has 0 radical (unpaired) electrons. The number of para-hydroxylation sites is 4. The molecule has 5 rings (SSSR count). The molecule has 2 amide bonds. The monoisotopic (exact) mass is 514 g/mol. The molecule has 0 bridgehead atoms. The lowest BCUT2D eigenvalue weighted by Crippen LogP contribution is -2.32. The Labute approximate surface area is 219 Å². The summed E-state index contributed by atoms with van der Waals surface area (Å²) in [5.41, 5.74) is 1.92. The molecule has 2 heterocycles. The van der Waals surface area contributed by atoms with E-state index in [9.17, 15) is 9.59 Å². The molecule has 0 aliphatic carbocycles. The van der Waals surface area contributed by atoms with Gasteiger partial charge in [-0.05, 0) is 48.2 Å². The van der Waals surface area contributed by atoms with Crippen LogP contribution in [0.15, 0.2) is 90.0 Å². The zero-order valence-electron chi connectivity index (χ0n) is 20.3. The van der Waals surface area contributed by atoms with Crippen molar-refractivity contribution in [2.75, 3.05) is 26.9 Å². The second kappa shape index (κ2) is 11.3. The number of aromatic nitrogens is 1. The Balaban J connectivity index is 1.28. The first-order chi connectivity index (χ1) is 18.1. The van der Waals surface area contributed by atoms with Crippen molar-refractivity contribution in [2.45, 2.75) is 6.54 Å². The van der Waals surface area contributed by atoms with Gasteiger partial charge in [0, 0.05) is 22.7 Å². The van der Waals surface area contributed by atoms with Crippen LogP contribution in [0.3, 0.4) is 0 Å². The number of carbonyl (C=O) groups excluding carboxylic acids is 2. The van der Waals surface area contributed by atoms with E-state index in [2.05, 4.69) is 4.57 Å². The first-order valence-electron chi connectivity index (χ1n) is 11.9. The maximum absolute atomic E-state index is 13.1. The summed E-state index contributed by atoms with van der Waals surface area (Å²) in [6.45, 7) is 1.47. The van der Waals surface area contributed by atoms with Gasteiger partial charge in [-0.25, -0.2) is 0 Å². The van der Waals surface area contributed by atoms with Gasteiger partial charge in [0.05, 0.1) is 25.1 Å². The molecule has 0 saturated carbocycles. The van der Waals surface area contributed by atoms with Crippen molar-refractivity contribution in [1.82, 2.24) is 9.47 Å². The minimum absolute atomic E-state index is 0.151. The van der Waals surface area contributed by atoms with E-state index in [4.69, 9.17) is 14.2 Å². The van der Waals surface area contributed by atoms with Crippen LogP contribution in [-0.2, 0) is 11.3 Å². The molecule has 0 unspecified atom stereocenters. The largest absolute Gasteiger partial charge is 0.493 e. The molecule has 1 aliphatic rings. The third-order valence-electron chi connectivity index (χ3n) is 5.97. The number of imide groups is 1. The van der Waals surface area contributed by atoms with E-state index in [0.29, 0.717) is 29.6 Å². The van der Waals surface area contributed by atoms with Gasteiger partial charge >= 0.3 is 0 Å². The zero-order valence-corrected chi connectivity index (χ0v) is 21.1. The number of methoxy groups -OCH3 is 1. The highest BCUT2D eigenvalue weighted by Crippen LogP contribution is 2.34. The standard InChI is InChI=1S/C29H26N2O5S/c1-34-25-13-7-8-14-26(25)36-18-16-31-28(32)27(37-29(31)33)19-21-20-30(24-12-6-5-11-23(21)24)15-17-35-22-9-3-2-4-10-22/h2-14,19-20H,15-18H2,1H3/b27-19-. The average Bonchev–Trinajstić information content (AvgIpc) is 3.41. The van der Waals surface area contributed by atoms with Crippen LogP contribution < -0.4 is 14.2 Å². The molecule has 7 nitrogen and oxygen atoms in total. The van der Waals surface area contributed by atoms with Gasteiger partial charge in [0.25, 0.3) is 11.1 Å². The molecule has 1 saturated heterocycles. The molecule has 4 aromatic rings.